The third-order valence-electron chi connectivity index (χ3n) is 14.8. The lowest BCUT2D eigenvalue weighted by atomic mass is 9.74. The summed E-state index contributed by atoms with van der Waals surface area (Å²) in [5.41, 5.74) is 22.1. The third-order valence-corrected chi connectivity index (χ3v) is 14.8. The van der Waals surface area contributed by atoms with E-state index >= 15 is 0 Å². The van der Waals surface area contributed by atoms with E-state index in [9.17, 15) is 0 Å². The van der Waals surface area contributed by atoms with E-state index in [2.05, 4.69) is 295 Å². The zero-order valence-electron chi connectivity index (χ0n) is 41.0. The fourth-order valence-corrected chi connectivity index (χ4v) is 11.6. The normalized spacial score (nSPS) is 11.5. The highest BCUT2D eigenvalue weighted by Gasteiger charge is 2.29. The minimum Gasteiger partial charge on any atom is -0.454 e. The molecule has 0 fully saturated rings. The SMILES string of the molecule is c1ccc(-c2c(-c3ccccc3)c(-c3ccccc3)c(-c3ccc(N(c4ccc(-n5c6ccccc6c6ccccc65)cc4)c4cccc5c4oc4ccccc45)cc3)c(-c3ccccc3)c2-c2ccccc2)cc1. The first-order valence-corrected chi connectivity index (χ1v) is 25.7. The summed E-state index contributed by atoms with van der Waals surface area (Å²) in [7, 11) is 0. The average Bonchev–Trinajstić information content (AvgIpc) is 4.05. The number of para-hydroxylation sites is 4. The van der Waals surface area contributed by atoms with Gasteiger partial charge in [0.2, 0.25) is 0 Å². The molecule has 14 aromatic rings. The summed E-state index contributed by atoms with van der Waals surface area (Å²) in [6, 6.07) is 105. The molecule has 352 valence electrons. The zero-order valence-corrected chi connectivity index (χ0v) is 41.0. The molecule has 0 saturated heterocycles. The molecular weight excluding hydrogens is 909 g/mol. The van der Waals surface area contributed by atoms with E-state index in [1.54, 1.807) is 0 Å². The van der Waals surface area contributed by atoms with Crippen LogP contribution in [-0.2, 0) is 0 Å². The van der Waals surface area contributed by atoms with Crippen LogP contribution in [0.4, 0.5) is 17.1 Å². The lowest BCUT2D eigenvalue weighted by molar-refractivity contribution is 0.669. The summed E-state index contributed by atoms with van der Waals surface area (Å²) in [4.78, 5) is 2.35. The van der Waals surface area contributed by atoms with Gasteiger partial charge >= 0.3 is 0 Å². The Labute approximate surface area is 436 Å². The molecule has 0 saturated carbocycles. The minimum atomic E-state index is 0.837. The van der Waals surface area contributed by atoms with Crippen molar-refractivity contribution in [2.24, 2.45) is 0 Å². The maximum absolute atomic E-state index is 6.82. The monoisotopic (exact) mass is 956 g/mol. The molecule has 3 nitrogen and oxygen atoms in total. The van der Waals surface area contributed by atoms with Crippen molar-refractivity contribution in [2.45, 2.75) is 0 Å². The van der Waals surface area contributed by atoms with Gasteiger partial charge in [-0.3, -0.25) is 0 Å². The van der Waals surface area contributed by atoms with Crippen LogP contribution in [0.1, 0.15) is 0 Å². The van der Waals surface area contributed by atoms with Crippen LogP contribution in [0, 0.1) is 0 Å². The van der Waals surface area contributed by atoms with Crippen molar-refractivity contribution in [2.75, 3.05) is 4.90 Å². The van der Waals surface area contributed by atoms with Gasteiger partial charge in [0.15, 0.2) is 5.58 Å². The van der Waals surface area contributed by atoms with Gasteiger partial charge in [-0.2, -0.15) is 0 Å². The second kappa shape index (κ2) is 18.6. The maximum atomic E-state index is 6.82. The van der Waals surface area contributed by atoms with Crippen molar-refractivity contribution < 1.29 is 4.42 Å². The number of nitrogens with zero attached hydrogens (tertiary/aromatic N) is 2. The number of furan rings is 1. The molecule has 0 unspecified atom stereocenters. The summed E-state index contributed by atoms with van der Waals surface area (Å²) < 4.78 is 9.20. The Hall–Kier alpha value is -9.96. The molecule has 0 aliphatic rings. The molecule has 2 heterocycles. The lowest BCUT2D eigenvalue weighted by Crippen LogP contribution is -2.10. The van der Waals surface area contributed by atoms with Gasteiger partial charge in [0.1, 0.15) is 5.58 Å². The Morgan fingerprint density at radius 2 is 0.587 bits per heavy atom. The summed E-state index contributed by atoms with van der Waals surface area (Å²) in [5, 5.41) is 4.65. The molecule has 0 amide bonds. The van der Waals surface area contributed by atoms with Gasteiger partial charge in [0, 0.05) is 38.6 Å². The molecule has 0 N–H and O–H groups in total. The molecule has 3 heteroatoms. The zero-order chi connectivity index (χ0) is 49.7. The Bertz CT molecular complexity index is 4190. The van der Waals surface area contributed by atoms with Gasteiger partial charge in [-0.1, -0.05) is 231 Å². The van der Waals surface area contributed by atoms with Crippen LogP contribution in [0.15, 0.2) is 296 Å². The molecule has 0 radical (unpaired) electrons. The number of rotatable bonds is 10. The van der Waals surface area contributed by atoms with E-state index in [1.165, 1.54) is 49.6 Å². The summed E-state index contributed by atoms with van der Waals surface area (Å²) in [6.07, 6.45) is 0. The first-order chi connectivity index (χ1) is 37.3. The number of fused-ring (bicyclic) bond motifs is 6. The van der Waals surface area contributed by atoms with Crippen molar-refractivity contribution in [1.82, 2.24) is 4.57 Å². The summed E-state index contributed by atoms with van der Waals surface area (Å²) >= 11 is 0. The van der Waals surface area contributed by atoms with Crippen molar-refractivity contribution >= 4 is 60.8 Å². The van der Waals surface area contributed by atoms with E-state index in [1.807, 2.05) is 6.07 Å². The quantitative estimate of drug-likeness (QED) is 0.136. The Kier molecular flexibility index (Phi) is 10.8. The second-order valence-electron chi connectivity index (χ2n) is 19.1. The first kappa shape index (κ1) is 43.8. The highest BCUT2D eigenvalue weighted by molar-refractivity contribution is 6.16. The predicted molar refractivity (Wildman–Crippen MR) is 315 cm³/mol. The molecule has 0 spiro atoms. The maximum Gasteiger partial charge on any atom is 0.159 e. The van der Waals surface area contributed by atoms with Crippen molar-refractivity contribution in [3.8, 4) is 72.4 Å². The Balaban J connectivity index is 1.03. The lowest BCUT2D eigenvalue weighted by Gasteiger charge is -2.29. The third kappa shape index (κ3) is 7.52. The van der Waals surface area contributed by atoms with E-state index in [0.717, 1.165) is 83.6 Å². The number of aromatic nitrogens is 1. The number of benzene rings is 12. The van der Waals surface area contributed by atoms with Crippen LogP contribution in [0.5, 0.6) is 0 Å². The standard InChI is InChI=1S/C72H48N2O/c1-6-23-49(24-7-1)66-67(50-25-8-2-9-26-50)69(52-29-12-4-13-30-52)71(70(53-31-14-5-15-32-53)68(66)51-27-10-3-11-28-51)54-41-43-55(44-42-54)73(64-39-22-36-61-60-35-18-21-40-65(60)75-72(61)64)56-45-47-57(48-46-56)74-62-37-19-16-33-58(62)59-34-17-20-38-63(59)74/h1-48H. The highest BCUT2D eigenvalue weighted by atomic mass is 16.3. The highest BCUT2D eigenvalue weighted by Crippen LogP contribution is 2.56. The molecule has 0 aliphatic carbocycles. The van der Waals surface area contributed by atoms with Gasteiger partial charge < -0.3 is 13.9 Å². The van der Waals surface area contributed by atoms with Crippen molar-refractivity contribution in [1.29, 1.82) is 0 Å². The van der Waals surface area contributed by atoms with Crippen LogP contribution >= 0.6 is 0 Å². The van der Waals surface area contributed by atoms with Crippen LogP contribution < -0.4 is 4.90 Å². The first-order valence-electron chi connectivity index (χ1n) is 25.7. The largest absolute Gasteiger partial charge is 0.454 e. The summed E-state index contributed by atoms with van der Waals surface area (Å²) in [5.74, 6) is 0. The average molecular weight is 957 g/mol. The fourth-order valence-electron chi connectivity index (χ4n) is 11.6. The van der Waals surface area contributed by atoms with E-state index in [4.69, 9.17) is 4.42 Å². The molecular formula is C72H48N2O. The smallest absolute Gasteiger partial charge is 0.159 e. The van der Waals surface area contributed by atoms with Gasteiger partial charge in [0.05, 0.1) is 16.7 Å². The van der Waals surface area contributed by atoms with Crippen molar-refractivity contribution in [3.05, 3.63) is 291 Å². The topological polar surface area (TPSA) is 21.3 Å². The Morgan fingerprint density at radius 3 is 1.01 bits per heavy atom. The molecule has 0 atom stereocenters. The van der Waals surface area contributed by atoms with E-state index in [0.29, 0.717) is 0 Å². The molecule has 0 bridgehead atoms. The molecule has 2 aromatic heterocycles. The van der Waals surface area contributed by atoms with Crippen LogP contribution in [0.3, 0.4) is 0 Å². The van der Waals surface area contributed by atoms with Gasteiger partial charge in [-0.15, -0.1) is 0 Å². The van der Waals surface area contributed by atoms with Gasteiger partial charge in [-0.25, -0.2) is 0 Å². The number of hydrogen-bond acceptors (Lipinski definition) is 2. The molecule has 0 aliphatic heterocycles. The van der Waals surface area contributed by atoms with E-state index in [-0.39, 0.29) is 0 Å². The van der Waals surface area contributed by atoms with Crippen LogP contribution in [-0.4, -0.2) is 4.57 Å². The molecule has 14 rings (SSSR count). The second-order valence-corrected chi connectivity index (χ2v) is 19.1. The molecule has 75 heavy (non-hydrogen) atoms. The Morgan fingerprint density at radius 1 is 0.253 bits per heavy atom. The van der Waals surface area contributed by atoms with Crippen LogP contribution in [0.25, 0.3) is 116 Å². The summed E-state index contributed by atoms with van der Waals surface area (Å²) in [6.45, 7) is 0. The van der Waals surface area contributed by atoms with Gasteiger partial charge in [-0.05, 0) is 127 Å². The minimum absolute atomic E-state index is 0.837. The van der Waals surface area contributed by atoms with Gasteiger partial charge in [0.25, 0.3) is 0 Å². The predicted octanol–water partition coefficient (Wildman–Crippen LogP) is 20.2. The number of anilines is 3. The van der Waals surface area contributed by atoms with Crippen molar-refractivity contribution in [3.63, 3.8) is 0 Å². The fraction of sp³-hybridized carbons (Fsp3) is 0. The van der Waals surface area contributed by atoms with E-state index < -0.39 is 0 Å². The number of hydrogen-bond donors (Lipinski definition) is 0. The van der Waals surface area contributed by atoms with Crippen LogP contribution in [0.2, 0.25) is 0 Å². The molecule has 12 aromatic carbocycles.